The van der Waals surface area contributed by atoms with E-state index in [1.807, 2.05) is 35.8 Å². The Hall–Kier alpha value is -1.46. The van der Waals surface area contributed by atoms with Crippen molar-refractivity contribution in [2.24, 2.45) is 0 Å². The monoisotopic (exact) mass is 193 g/mol. The number of nitrogens with zero attached hydrogens (tertiary/aromatic N) is 2. The summed E-state index contributed by atoms with van der Waals surface area (Å²) < 4.78 is 4.07. The lowest BCUT2D eigenvalue weighted by atomic mass is 10.2. The summed E-state index contributed by atoms with van der Waals surface area (Å²) in [6, 6.07) is 9.61. The Morgan fingerprint density at radius 1 is 1.23 bits per heavy atom. The van der Waals surface area contributed by atoms with Gasteiger partial charge in [-0.2, -0.15) is 9.36 Å². The summed E-state index contributed by atoms with van der Waals surface area (Å²) >= 11 is 1.12. The molecule has 0 amide bonds. The maximum absolute atomic E-state index is 8.56. The zero-order valence-electron chi connectivity index (χ0n) is 6.64. The lowest BCUT2D eigenvalue weighted by Crippen LogP contribution is -1.87. The van der Waals surface area contributed by atoms with Crippen LogP contribution in [-0.4, -0.2) is 14.6 Å². The third kappa shape index (κ3) is 1.66. The smallest absolute Gasteiger partial charge is 0.226 e. The van der Waals surface area contributed by atoms with Crippen molar-refractivity contribution in [3.63, 3.8) is 0 Å². The van der Waals surface area contributed by atoms with Crippen molar-refractivity contribution in [1.82, 2.24) is 9.36 Å². The van der Waals surface area contributed by atoms with Crippen molar-refractivity contribution >= 4 is 16.7 Å². The highest BCUT2D eigenvalue weighted by Crippen LogP contribution is 2.19. The number of nitrogens with one attached hydrogen (secondary N) is 1. The zero-order chi connectivity index (χ0) is 9.10. The molecular weight excluding hydrogens is 186 g/mol. The van der Waals surface area contributed by atoms with Crippen LogP contribution in [-0.2, 0) is 0 Å². The number of anilines is 1. The third-order valence-electron chi connectivity index (χ3n) is 1.55. The van der Waals surface area contributed by atoms with Gasteiger partial charge in [-0.3, -0.25) is 5.21 Å². The van der Waals surface area contributed by atoms with Gasteiger partial charge in [0, 0.05) is 17.1 Å². The van der Waals surface area contributed by atoms with Crippen LogP contribution in [0.1, 0.15) is 0 Å². The van der Waals surface area contributed by atoms with E-state index in [-0.39, 0.29) is 0 Å². The number of aromatic nitrogens is 2. The van der Waals surface area contributed by atoms with Gasteiger partial charge in [-0.1, -0.05) is 30.3 Å². The minimum atomic E-state index is 0.402. The molecule has 1 aromatic heterocycles. The minimum absolute atomic E-state index is 0.402. The van der Waals surface area contributed by atoms with Crippen LogP contribution in [0.4, 0.5) is 5.13 Å². The SMILES string of the molecule is ONc1nc(-c2ccccc2)ns1. The molecule has 2 rings (SSSR count). The van der Waals surface area contributed by atoms with E-state index in [1.165, 1.54) is 0 Å². The molecular formula is C8H7N3OS. The average Bonchev–Trinajstić information content (AvgIpc) is 2.67. The molecule has 0 bridgehead atoms. The predicted molar refractivity (Wildman–Crippen MR) is 50.8 cm³/mol. The van der Waals surface area contributed by atoms with Crippen LogP contribution in [0.2, 0.25) is 0 Å². The zero-order valence-corrected chi connectivity index (χ0v) is 7.45. The maximum Gasteiger partial charge on any atom is 0.226 e. The molecule has 5 heteroatoms. The van der Waals surface area contributed by atoms with Crippen molar-refractivity contribution < 1.29 is 5.21 Å². The molecule has 0 aliphatic carbocycles. The van der Waals surface area contributed by atoms with Crippen LogP contribution in [0.3, 0.4) is 0 Å². The molecule has 0 fully saturated rings. The Morgan fingerprint density at radius 3 is 2.62 bits per heavy atom. The van der Waals surface area contributed by atoms with E-state index in [0.717, 1.165) is 17.1 Å². The van der Waals surface area contributed by atoms with E-state index in [0.29, 0.717) is 11.0 Å². The number of benzene rings is 1. The van der Waals surface area contributed by atoms with Crippen LogP contribution >= 0.6 is 11.5 Å². The summed E-state index contributed by atoms with van der Waals surface area (Å²) in [5.41, 5.74) is 2.91. The molecule has 0 unspecified atom stereocenters. The largest absolute Gasteiger partial charge is 0.289 e. The quantitative estimate of drug-likeness (QED) is 0.716. The summed E-state index contributed by atoms with van der Waals surface area (Å²) in [6.07, 6.45) is 0. The lowest BCUT2D eigenvalue weighted by Gasteiger charge is -1.91. The van der Waals surface area contributed by atoms with Gasteiger partial charge in [0.2, 0.25) is 5.13 Å². The maximum atomic E-state index is 8.56. The Bertz CT molecular complexity index is 387. The minimum Gasteiger partial charge on any atom is -0.289 e. The van der Waals surface area contributed by atoms with E-state index in [2.05, 4.69) is 9.36 Å². The molecule has 13 heavy (non-hydrogen) atoms. The van der Waals surface area contributed by atoms with E-state index in [9.17, 15) is 0 Å². The second-order valence-electron chi connectivity index (χ2n) is 2.40. The van der Waals surface area contributed by atoms with Crippen LogP contribution in [0.15, 0.2) is 30.3 Å². The van der Waals surface area contributed by atoms with Crippen LogP contribution in [0.5, 0.6) is 0 Å². The summed E-state index contributed by atoms with van der Waals surface area (Å²) in [6.45, 7) is 0. The first kappa shape index (κ1) is 8.15. The van der Waals surface area contributed by atoms with E-state index >= 15 is 0 Å². The molecule has 0 radical (unpaired) electrons. The Morgan fingerprint density at radius 2 is 2.00 bits per heavy atom. The van der Waals surface area contributed by atoms with Gasteiger partial charge in [0.25, 0.3) is 0 Å². The highest BCUT2D eigenvalue weighted by atomic mass is 32.1. The number of hydrogen-bond donors (Lipinski definition) is 2. The normalized spacial score (nSPS) is 9.92. The fourth-order valence-electron chi connectivity index (χ4n) is 0.973. The Balaban J connectivity index is 2.36. The third-order valence-corrected chi connectivity index (χ3v) is 2.17. The topological polar surface area (TPSA) is 58.0 Å². The molecule has 2 aromatic rings. The van der Waals surface area contributed by atoms with Crippen LogP contribution in [0, 0.1) is 0 Å². The van der Waals surface area contributed by atoms with Gasteiger partial charge in [-0.05, 0) is 0 Å². The first-order valence-corrected chi connectivity index (χ1v) is 4.47. The lowest BCUT2D eigenvalue weighted by molar-refractivity contribution is 0.388. The first-order valence-electron chi connectivity index (χ1n) is 3.69. The summed E-state index contributed by atoms with van der Waals surface area (Å²) in [5, 5.41) is 8.96. The van der Waals surface area contributed by atoms with Gasteiger partial charge in [0.1, 0.15) is 0 Å². The molecule has 0 saturated carbocycles. The highest BCUT2D eigenvalue weighted by Gasteiger charge is 2.03. The standard InChI is InChI=1S/C8H7N3OS/c12-10-8-9-7(11-13-8)6-4-2-1-3-5-6/h1-5,12H,(H,9,10,11). The number of rotatable bonds is 2. The second kappa shape index (κ2) is 3.51. The molecule has 0 aliphatic heterocycles. The van der Waals surface area contributed by atoms with Gasteiger partial charge in [0.15, 0.2) is 5.82 Å². The predicted octanol–water partition coefficient (Wildman–Crippen LogP) is 2.01. The van der Waals surface area contributed by atoms with Gasteiger partial charge >= 0.3 is 0 Å². The van der Waals surface area contributed by atoms with Gasteiger partial charge in [-0.25, -0.2) is 5.48 Å². The fraction of sp³-hybridized carbons (Fsp3) is 0. The first-order chi connectivity index (χ1) is 6.40. The molecule has 0 aliphatic rings. The van der Waals surface area contributed by atoms with Gasteiger partial charge < -0.3 is 0 Å². The Kier molecular flexibility index (Phi) is 2.20. The molecule has 0 spiro atoms. The van der Waals surface area contributed by atoms with Crippen molar-refractivity contribution in [3.8, 4) is 11.4 Å². The summed E-state index contributed by atoms with van der Waals surface area (Å²) in [4.78, 5) is 4.05. The molecule has 66 valence electrons. The van der Waals surface area contributed by atoms with Crippen LogP contribution in [0.25, 0.3) is 11.4 Å². The van der Waals surface area contributed by atoms with Gasteiger partial charge in [-0.15, -0.1) is 0 Å². The summed E-state index contributed by atoms with van der Waals surface area (Å²) in [7, 11) is 0. The van der Waals surface area contributed by atoms with Crippen molar-refractivity contribution in [1.29, 1.82) is 0 Å². The van der Waals surface area contributed by atoms with Crippen molar-refractivity contribution in [2.75, 3.05) is 5.48 Å². The average molecular weight is 193 g/mol. The highest BCUT2D eigenvalue weighted by molar-refractivity contribution is 7.09. The fourth-order valence-corrected chi connectivity index (χ4v) is 1.46. The van der Waals surface area contributed by atoms with E-state index in [1.54, 1.807) is 0 Å². The molecule has 0 atom stereocenters. The van der Waals surface area contributed by atoms with Crippen molar-refractivity contribution in [3.05, 3.63) is 30.3 Å². The Labute approximate surface area is 79.0 Å². The molecule has 0 saturated heterocycles. The van der Waals surface area contributed by atoms with Crippen LogP contribution < -0.4 is 5.48 Å². The molecule has 1 aromatic carbocycles. The van der Waals surface area contributed by atoms with Gasteiger partial charge in [0.05, 0.1) is 0 Å². The number of hydrogen-bond acceptors (Lipinski definition) is 5. The van der Waals surface area contributed by atoms with E-state index < -0.39 is 0 Å². The molecule has 4 nitrogen and oxygen atoms in total. The molecule has 2 N–H and O–H groups in total. The van der Waals surface area contributed by atoms with Crippen molar-refractivity contribution in [2.45, 2.75) is 0 Å². The second-order valence-corrected chi connectivity index (χ2v) is 3.15. The van der Waals surface area contributed by atoms with E-state index in [4.69, 9.17) is 5.21 Å². The molecule has 1 heterocycles. The summed E-state index contributed by atoms with van der Waals surface area (Å²) in [5.74, 6) is 0.627.